The van der Waals surface area contributed by atoms with E-state index in [4.69, 9.17) is 4.74 Å². The van der Waals surface area contributed by atoms with E-state index < -0.39 is 11.0 Å². The number of hydrogen-bond donors (Lipinski definition) is 1. The molecule has 6 heteroatoms. The fraction of sp³-hybridized carbons (Fsp3) is 0.286. The number of hydrogen-bond acceptors (Lipinski definition) is 5. The van der Waals surface area contributed by atoms with Crippen molar-refractivity contribution in [2.24, 2.45) is 0 Å². The molecule has 1 aromatic heterocycles. The molecule has 2 aromatic rings. The highest BCUT2D eigenvalue weighted by molar-refractivity contribution is 7.14. The first-order valence-electron chi connectivity index (χ1n) is 6.24. The predicted octanol–water partition coefficient (Wildman–Crippen LogP) is 4.06. The van der Waals surface area contributed by atoms with Gasteiger partial charge in [-0.15, -0.1) is 0 Å². The van der Waals surface area contributed by atoms with Gasteiger partial charge in [0, 0.05) is 10.9 Å². The van der Waals surface area contributed by atoms with E-state index in [-0.39, 0.29) is 10.8 Å². The topological polar surface area (TPSA) is 72.6 Å². The van der Waals surface area contributed by atoms with Crippen LogP contribution < -0.4 is 4.74 Å². The Bertz CT molecular complexity index is 604. The maximum atomic E-state index is 11.0. The maximum absolute atomic E-state index is 11.0. The molecule has 0 fully saturated rings. The average Bonchev–Trinajstić information content (AvgIpc) is 2.84. The zero-order valence-electron chi connectivity index (χ0n) is 11.2. The van der Waals surface area contributed by atoms with Crippen molar-refractivity contribution < 1.29 is 14.8 Å². The number of rotatable bonds is 5. The summed E-state index contributed by atoms with van der Waals surface area (Å²) in [6.45, 7) is 3.62. The Labute approximate surface area is 120 Å². The zero-order valence-corrected chi connectivity index (χ0v) is 12.0. The fourth-order valence-electron chi connectivity index (χ4n) is 1.69. The van der Waals surface area contributed by atoms with Crippen LogP contribution in [0, 0.1) is 10.1 Å². The summed E-state index contributed by atoms with van der Waals surface area (Å²) < 4.78 is 5.57. The second-order valence-corrected chi connectivity index (χ2v) is 5.40. The molecule has 0 aliphatic rings. The van der Waals surface area contributed by atoms with Crippen LogP contribution in [0.4, 0.5) is 5.69 Å². The number of nitro groups is 1. The number of aryl methyl sites for hydroxylation is 1. The minimum absolute atomic E-state index is 0.120. The molecule has 1 aromatic carbocycles. The van der Waals surface area contributed by atoms with E-state index >= 15 is 0 Å². The largest absolute Gasteiger partial charge is 0.440 e. The lowest BCUT2D eigenvalue weighted by molar-refractivity contribution is -0.385. The second-order valence-electron chi connectivity index (χ2n) is 4.35. The summed E-state index contributed by atoms with van der Waals surface area (Å²) in [4.78, 5) is 11.0. The van der Waals surface area contributed by atoms with Crippen molar-refractivity contribution in [1.82, 2.24) is 0 Å². The van der Waals surface area contributed by atoms with E-state index in [0.29, 0.717) is 10.6 Å². The Morgan fingerprint density at radius 2 is 2.05 bits per heavy atom. The molecule has 0 unspecified atom stereocenters. The predicted molar refractivity (Wildman–Crippen MR) is 77.5 cm³/mol. The van der Waals surface area contributed by atoms with Gasteiger partial charge in [0.2, 0.25) is 0 Å². The van der Waals surface area contributed by atoms with E-state index in [1.165, 1.54) is 11.6 Å². The summed E-state index contributed by atoms with van der Waals surface area (Å²) in [5.74, 6) is 0.546. The lowest BCUT2D eigenvalue weighted by atomic mass is 10.2. The highest BCUT2D eigenvalue weighted by Crippen LogP contribution is 2.41. The maximum Gasteiger partial charge on any atom is 0.323 e. The van der Waals surface area contributed by atoms with Crippen LogP contribution in [-0.4, -0.2) is 10.0 Å². The first-order chi connectivity index (χ1) is 9.51. The molecular formula is C14H15NO4S. The highest BCUT2D eigenvalue weighted by Gasteiger charge is 2.22. The summed E-state index contributed by atoms with van der Waals surface area (Å²) in [7, 11) is 0. The molecular weight excluding hydrogens is 278 g/mol. The fourth-order valence-corrected chi connectivity index (χ4v) is 2.62. The third-order valence-corrected chi connectivity index (χ3v) is 4.02. The first kappa shape index (κ1) is 14.5. The van der Waals surface area contributed by atoms with Gasteiger partial charge in [-0.05, 0) is 31.0 Å². The third kappa shape index (κ3) is 3.15. The Morgan fingerprint density at radius 3 is 2.55 bits per heavy atom. The summed E-state index contributed by atoms with van der Waals surface area (Å²) in [5.41, 5.74) is 1.05. The van der Waals surface area contributed by atoms with Gasteiger partial charge in [0.1, 0.15) is 5.75 Å². The lowest BCUT2D eigenvalue weighted by Crippen LogP contribution is -1.89. The number of ether oxygens (including phenoxy) is 1. The molecule has 2 rings (SSSR count). The van der Waals surface area contributed by atoms with Crippen LogP contribution >= 0.6 is 11.3 Å². The van der Waals surface area contributed by atoms with Gasteiger partial charge in [-0.25, -0.2) is 0 Å². The summed E-state index contributed by atoms with van der Waals surface area (Å²) in [6.07, 6.45) is 0.171. The van der Waals surface area contributed by atoms with Gasteiger partial charge in [0.15, 0.2) is 0 Å². The first-order valence-corrected chi connectivity index (χ1v) is 7.06. The molecule has 1 atom stereocenters. The Balaban J connectivity index is 2.29. The minimum atomic E-state index is -0.751. The van der Waals surface area contributed by atoms with Crippen LogP contribution in [0.3, 0.4) is 0 Å². The molecule has 0 spiro atoms. The lowest BCUT2D eigenvalue weighted by Gasteiger charge is -2.03. The molecule has 0 saturated heterocycles. The number of nitrogens with zero attached hydrogens (tertiary/aromatic N) is 1. The number of aliphatic hydroxyl groups excluding tert-OH is 1. The van der Waals surface area contributed by atoms with Gasteiger partial charge in [-0.1, -0.05) is 30.4 Å². The average molecular weight is 293 g/mol. The number of thiophene rings is 1. The smallest absolute Gasteiger partial charge is 0.323 e. The monoisotopic (exact) mass is 293 g/mol. The number of benzene rings is 1. The molecule has 1 N–H and O–H groups in total. The molecule has 0 amide bonds. The van der Waals surface area contributed by atoms with E-state index in [2.05, 4.69) is 6.92 Å². The van der Waals surface area contributed by atoms with Crippen molar-refractivity contribution in [3.8, 4) is 10.8 Å². The van der Waals surface area contributed by atoms with Gasteiger partial charge in [0.05, 0.1) is 11.0 Å². The van der Waals surface area contributed by atoms with E-state index in [0.717, 1.165) is 17.8 Å². The van der Waals surface area contributed by atoms with Gasteiger partial charge in [-0.2, -0.15) is 0 Å². The summed E-state index contributed by atoms with van der Waals surface area (Å²) in [5, 5.41) is 20.7. The Hall–Kier alpha value is -1.92. The highest BCUT2D eigenvalue weighted by atomic mass is 32.1. The number of aliphatic hydroxyl groups is 1. The van der Waals surface area contributed by atoms with Crippen LogP contribution in [-0.2, 0) is 6.42 Å². The van der Waals surface area contributed by atoms with Crippen molar-refractivity contribution in [2.45, 2.75) is 26.4 Å². The molecule has 0 aliphatic carbocycles. The van der Waals surface area contributed by atoms with Crippen molar-refractivity contribution in [2.75, 3.05) is 0 Å². The quantitative estimate of drug-likeness (QED) is 0.666. The Kier molecular flexibility index (Phi) is 4.36. The third-order valence-electron chi connectivity index (χ3n) is 2.85. The van der Waals surface area contributed by atoms with Crippen LogP contribution in [0.15, 0.2) is 30.3 Å². The van der Waals surface area contributed by atoms with Crippen molar-refractivity contribution in [3.63, 3.8) is 0 Å². The van der Waals surface area contributed by atoms with Crippen LogP contribution in [0.5, 0.6) is 10.8 Å². The van der Waals surface area contributed by atoms with Crippen LogP contribution in [0.2, 0.25) is 0 Å². The molecule has 106 valence electrons. The molecule has 0 radical (unpaired) electrons. The van der Waals surface area contributed by atoms with E-state index in [1.54, 1.807) is 19.1 Å². The molecule has 0 bridgehead atoms. The van der Waals surface area contributed by atoms with E-state index in [1.807, 2.05) is 12.1 Å². The van der Waals surface area contributed by atoms with Gasteiger partial charge in [-0.3, -0.25) is 10.1 Å². The molecule has 1 heterocycles. The zero-order chi connectivity index (χ0) is 14.7. The molecule has 5 nitrogen and oxygen atoms in total. The standard InChI is InChI=1S/C14H15NO4S/c1-3-10-4-6-11(7-5-10)19-14-12(15(17)18)8-13(20-14)9(2)16/h4-9,16H,3H2,1-2H3/t9-/m1/s1. The SMILES string of the molecule is CCc1ccc(Oc2sc([C@@H](C)O)cc2[N+](=O)[O-])cc1. The van der Waals surface area contributed by atoms with Gasteiger partial charge >= 0.3 is 5.69 Å². The van der Waals surface area contributed by atoms with Crippen LogP contribution in [0.25, 0.3) is 0 Å². The minimum Gasteiger partial charge on any atom is -0.440 e. The molecule has 0 saturated carbocycles. The van der Waals surface area contributed by atoms with Crippen molar-refractivity contribution in [3.05, 3.63) is 50.9 Å². The summed E-state index contributed by atoms with van der Waals surface area (Å²) in [6, 6.07) is 8.76. The molecule has 0 aliphatic heterocycles. The van der Waals surface area contributed by atoms with E-state index in [9.17, 15) is 15.2 Å². The summed E-state index contributed by atoms with van der Waals surface area (Å²) >= 11 is 1.09. The van der Waals surface area contributed by atoms with Gasteiger partial charge < -0.3 is 9.84 Å². The second kappa shape index (κ2) is 6.02. The normalized spacial score (nSPS) is 12.2. The Morgan fingerprint density at radius 1 is 1.40 bits per heavy atom. The van der Waals surface area contributed by atoms with Crippen molar-refractivity contribution in [1.29, 1.82) is 0 Å². The van der Waals surface area contributed by atoms with Gasteiger partial charge in [0.25, 0.3) is 5.06 Å². The van der Waals surface area contributed by atoms with Crippen molar-refractivity contribution >= 4 is 17.0 Å². The van der Waals surface area contributed by atoms with Crippen LogP contribution in [0.1, 0.15) is 30.4 Å². The molecule has 20 heavy (non-hydrogen) atoms.